The summed E-state index contributed by atoms with van der Waals surface area (Å²) in [4.78, 5) is 14.2. The van der Waals surface area contributed by atoms with E-state index >= 15 is 0 Å². The number of H-pyrrole nitrogens is 1. The summed E-state index contributed by atoms with van der Waals surface area (Å²) < 4.78 is 0. The largest absolute Gasteiger partial charge is 1.00 e. The van der Waals surface area contributed by atoms with Crippen molar-refractivity contribution < 1.29 is 56.2 Å². The molecule has 2 heterocycles. The Balaban J connectivity index is 0.000000720. The van der Waals surface area contributed by atoms with Crippen molar-refractivity contribution in [2.45, 2.75) is 12.8 Å². The number of hydrogen-bond donors (Lipinski definition) is 2. The number of aryl methyl sites for hydroxylation is 1. The second-order valence-electron chi connectivity index (χ2n) is 2.67. The van der Waals surface area contributed by atoms with Crippen molar-refractivity contribution in [1.82, 2.24) is 10.3 Å². The topological polar surface area (TPSA) is 44.9 Å². The predicted molar refractivity (Wildman–Crippen MR) is 40.3 cm³/mol. The summed E-state index contributed by atoms with van der Waals surface area (Å²) in [5.41, 5.74) is 1.77. The van der Waals surface area contributed by atoms with Crippen molar-refractivity contribution in [2.24, 2.45) is 0 Å². The normalized spacial score (nSPS) is 15.5. The third-order valence-electron chi connectivity index (χ3n) is 1.90. The zero-order valence-electron chi connectivity index (χ0n) is 7.11. The summed E-state index contributed by atoms with van der Waals surface area (Å²) in [7, 11) is 0. The quantitative estimate of drug-likeness (QED) is 0.343. The van der Waals surface area contributed by atoms with Crippen molar-refractivity contribution >= 4 is 5.91 Å². The van der Waals surface area contributed by atoms with Crippen molar-refractivity contribution in [2.75, 3.05) is 6.54 Å². The van der Waals surface area contributed by atoms with E-state index in [0.717, 1.165) is 30.6 Å². The summed E-state index contributed by atoms with van der Waals surface area (Å²) in [6, 6.07) is 1.70. The minimum atomic E-state index is 0. The molecule has 3 nitrogen and oxygen atoms in total. The molecule has 12 heavy (non-hydrogen) atoms. The first-order chi connectivity index (χ1) is 5.38. The van der Waals surface area contributed by atoms with Crippen LogP contribution in [0.25, 0.3) is 0 Å². The van der Waals surface area contributed by atoms with Crippen molar-refractivity contribution in [3.8, 4) is 0 Å². The average molecular weight is 188 g/mol. The maximum atomic E-state index is 11.2. The molecule has 1 aliphatic rings. The molecule has 1 aromatic heterocycles. The van der Waals surface area contributed by atoms with E-state index in [0.29, 0.717) is 0 Å². The summed E-state index contributed by atoms with van der Waals surface area (Å²) in [5.74, 6) is 0.0231. The van der Waals surface area contributed by atoms with Crippen LogP contribution in [0.15, 0.2) is 6.07 Å². The van der Waals surface area contributed by atoms with Crippen LogP contribution in [0.4, 0.5) is 0 Å². The maximum absolute atomic E-state index is 11.2. The first-order valence-electron chi connectivity index (χ1n) is 3.74. The molecule has 0 aliphatic carbocycles. The van der Waals surface area contributed by atoms with Gasteiger partial charge in [-0.15, -0.1) is 11.9 Å². The van der Waals surface area contributed by atoms with Gasteiger partial charge < -0.3 is 10.3 Å². The Morgan fingerprint density at radius 3 is 3.17 bits per heavy atom. The third-order valence-corrected chi connectivity index (χ3v) is 1.90. The molecule has 2 rings (SSSR count). The summed E-state index contributed by atoms with van der Waals surface area (Å²) in [6.45, 7) is 0.779. The molecule has 0 radical (unpaired) electrons. The molecule has 0 saturated carbocycles. The van der Waals surface area contributed by atoms with Gasteiger partial charge in [0, 0.05) is 6.54 Å². The monoisotopic (exact) mass is 188 g/mol. The molecule has 1 aliphatic heterocycles. The van der Waals surface area contributed by atoms with Crippen LogP contribution in [0.5, 0.6) is 0 Å². The Morgan fingerprint density at radius 2 is 2.33 bits per heavy atom. The zero-order valence-corrected chi connectivity index (χ0v) is 10.2. The molecule has 0 saturated heterocycles. The Morgan fingerprint density at radius 1 is 1.50 bits per heavy atom. The molecule has 58 valence electrons. The van der Waals surface area contributed by atoms with E-state index in [2.05, 4.69) is 16.5 Å². The van der Waals surface area contributed by atoms with Gasteiger partial charge in [-0.2, -0.15) is 6.07 Å². The van der Waals surface area contributed by atoms with E-state index in [-0.39, 0.29) is 57.3 Å². The molecular weight excluding hydrogens is 179 g/mol. The minimum absolute atomic E-state index is 0. The van der Waals surface area contributed by atoms with Crippen molar-refractivity contribution in [3.63, 3.8) is 0 Å². The van der Waals surface area contributed by atoms with Crippen LogP contribution in [0.1, 0.15) is 22.5 Å². The van der Waals surface area contributed by atoms with Crippen molar-refractivity contribution in [3.05, 3.63) is 23.5 Å². The van der Waals surface area contributed by atoms with Crippen LogP contribution in [0, 0.1) is 6.20 Å². The van der Waals surface area contributed by atoms with Crippen molar-refractivity contribution in [1.29, 1.82) is 0 Å². The van der Waals surface area contributed by atoms with Gasteiger partial charge in [0.05, 0.1) is 0 Å². The fourth-order valence-corrected chi connectivity index (χ4v) is 1.31. The molecule has 2 N–H and O–H groups in total. The van der Waals surface area contributed by atoms with Gasteiger partial charge in [0.2, 0.25) is 0 Å². The van der Waals surface area contributed by atoms with E-state index in [1.807, 2.05) is 0 Å². The summed E-state index contributed by atoms with van der Waals surface area (Å²) in [5, 5.41) is 2.81. The molecular formula is C8H9KN2O. The summed E-state index contributed by atoms with van der Waals surface area (Å²) in [6.07, 6.45) is 4.76. The number of nitrogens with one attached hydrogen (secondary N) is 2. The van der Waals surface area contributed by atoms with Gasteiger partial charge in [-0.3, -0.25) is 4.79 Å². The smallest absolute Gasteiger partial charge is 0.481 e. The van der Waals surface area contributed by atoms with Crippen LogP contribution in [-0.2, 0) is 6.42 Å². The average Bonchev–Trinajstić information content (AvgIpc) is 2.40. The van der Waals surface area contributed by atoms with E-state index in [9.17, 15) is 4.79 Å². The number of aromatic amines is 1. The molecule has 1 aromatic rings. The van der Waals surface area contributed by atoms with Gasteiger partial charge in [-0.1, -0.05) is 12.0 Å². The number of hydrogen-bond acceptors (Lipinski definition) is 1. The zero-order chi connectivity index (χ0) is 7.68. The van der Waals surface area contributed by atoms with E-state index < -0.39 is 0 Å². The molecule has 0 unspecified atom stereocenters. The molecule has 0 fully saturated rings. The van der Waals surface area contributed by atoms with Crippen LogP contribution in [0.2, 0.25) is 0 Å². The predicted octanol–water partition coefficient (Wildman–Crippen LogP) is -2.51. The summed E-state index contributed by atoms with van der Waals surface area (Å²) >= 11 is 0. The van der Waals surface area contributed by atoms with Gasteiger partial charge >= 0.3 is 51.4 Å². The van der Waals surface area contributed by atoms with E-state index in [1.165, 1.54) is 0 Å². The first-order valence-corrected chi connectivity index (χ1v) is 3.74. The fourth-order valence-electron chi connectivity index (χ4n) is 1.31. The minimum Gasteiger partial charge on any atom is -0.481 e. The van der Waals surface area contributed by atoms with Crippen LogP contribution < -0.4 is 56.7 Å². The number of fused-ring (bicyclic) bond motifs is 1. The number of amides is 1. The van der Waals surface area contributed by atoms with Crippen LogP contribution in [0.3, 0.4) is 0 Å². The van der Waals surface area contributed by atoms with Gasteiger partial charge in [-0.25, -0.2) is 0 Å². The molecule has 0 bridgehead atoms. The van der Waals surface area contributed by atoms with Gasteiger partial charge in [0.25, 0.3) is 0 Å². The first kappa shape index (κ1) is 10.5. The molecule has 0 spiro atoms. The Labute approximate surface area is 114 Å². The standard InChI is InChI=1S/C8H9N2O.K/c11-8-6-3-5-9-7(6)2-1-4-10-8;/h3,9H,1-2,4H2,(H,10,11);/q-1;+1. The number of rotatable bonds is 0. The van der Waals surface area contributed by atoms with Crippen LogP contribution >= 0.6 is 0 Å². The Kier molecular flexibility index (Phi) is 3.99. The SMILES string of the molecule is O=C1NCCCc2[nH][c-]cc21.[K+]. The number of carbonyl (C=O) groups excluding carboxylic acids is 1. The second kappa shape index (κ2) is 4.57. The van der Waals surface area contributed by atoms with Crippen LogP contribution in [-0.4, -0.2) is 17.4 Å². The van der Waals surface area contributed by atoms with Gasteiger partial charge in [-0.05, 0) is 6.42 Å². The second-order valence-corrected chi connectivity index (χ2v) is 2.67. The third kappa shape index (κ3) is 2.00. The molecule has 4 heteroatoms. The molecule has 0 atom stereocenters. The Hall–Kier alpha value is 0.386. The van der Waals surface area contributed by atoms with Gasteiger partial charge in [0.1, 0.15) is 0 Å². The fraction of sp³-hybridized carbons (Fsp3) is 0.375. The number of aromatic nitrogens is 1. The van der Waals surface area contributed by atoms with E-state index in [4.69, 9.17) is 0 Å². The maximum Gasteiger partial charge on any atom is 1.00 e. The van der Waals surface area contributed by atoms with Gasteiger partial charge in [0.15, 0.2) is 5.91 Å². The molecule has 0 aromatic carbocycles. The number of carbonyl (C=O) groups is 1. The Bertz CT molecular complexity index is 282. The van der Waals surface area contributed by atoms with E-state index in [1.54, 1.807) is 6.07 Å². The molecule has 1 amide bonds.